The van der Waals surface area contributed by atoms with E-state index in [-0.39, 0.29) is 17.7 Å². The van der Waals surface area contributed by atoms with E-state index in [4.69, 9.17) is 26.8 Å². The van der Waals surface area contributed by atoms with Gasteiger partial charge in [0.25, 0.3) is 0 Å². The molecule has 3 rings (SSSR count). The Hall–Kier alpha value is -1.46. The first-order valence-electron chi connectivity index (χ1n) is 7.14. The summed E-state index contributed by atoms with van der Waals surface area (Å²) in [7, 11) is 0. The highest BCUT2D eigenvalue weighted by atomic mass is 35.5. The lowest BCUT2D eigenvalue weighted by molar-refractivity contribution is -0.122. The van der Waals surface area contributed by atoms with Crippen LogP contribution in [0.25, 0.3) is 0 Å². The second kappa shape index (κ2) is 5.73. The quantitative estimate of drug-likeness (QED) is 0.922. The number of ether oxygens (including phenoxy) is 2. The van der Waals surface area contributed by atoms with Crippen LogP contribution in [0, 0.1) is 11.8 Å². The Morgan fingerprint density at radius 3 is 2.86 bits per heavy atom. The van der Waals surface area contributed by atoms with Crippen LogP contribution in [0.5, 0.6) is 11.5 Å². The Balaban J connectivity index is 1.74. The molecule has 2 N–H and O–H groups in total. The average molecular weight is 311 g/mol. The van der Waals surface area contributed by atoms with Crippen LogP contribution in [0.15, 0.2) is 12.1 Å². The highest BCUT2D eigenvalue weighted by Crippen LogP contribution is 2.39. The molecule has 0 radical (unpaired) electrons. The van der Waals surface area contributed by atoms with Gasteiger partial charge in [-0.2, -0.15) is 0 Å². The first-order chi connectivity index (χ1) is 10.0. The van der Waals surface area contributed by atoms with E-state index in [2.05, 4.69) is 11.8 Å². The largest absolute Gasteiger partial charge is 0.486 e. The molecule has 1 fully saturated rings. The minimum Gasteiger partial charge on any atom is -0.486 e. The Labute approximate surface area is 128 Å². The third kappa shape index (κ3) is 2.94. The van der Waals surface area contributed by atoms with Crippen LogP contribution < -0.4 is 15.2 Å². The maximum atomic E-state index is 11.4. The molecule has 0 aliphatic carbocycles. The number of nitrogens with zero attached hydrogens (tertiary/aromatic N) is 1. The van der Waals surface area contributed by atoms with Gasteiger partial charge in [0.15, 0.2) is 11.5 Å². The van der Waals surface area contributed by atoms with Crippen molar-refractivity contribution in [1.82, 2.24) is 4.90 Å². The van der Waals surface area contributed by atoms with Crippen molar-refractivity contribution < 1.29 is 14.3 Å². The molecule has 21 heavy (non-hydrogen) atoms. The van der Waals surface area contributed by atoms with Gasteiger partial charge in [-0.3, -0.25) is 9.69 Å². The van der Waals surface area contributed by atoms with Crippen LogP contribution in [0.1, 0.15) is 12.5 Å². The van der Waals surface area contributed by atoms with E-state index >= 15 is 0 Å². The smallest absolute Gasteiger partial charge is 0.222 e. The van der Waals surface area contributed by atoms with Gasteiger partial charge in [0.1, 0.15) is 13.2 Å². The van der Waals surface area contributed by atoms with E-state index < -0.39 is 0 Å². The first kappa shape index (κ1) is 14.5. The Morgan fingerprint density at radius 2 is 2.14 bits per heavy atom. The Morgan fingerprint density at radius 1 is 1.38 bits per heavy atom. The number of hydrogen-bond acceptors (Lipinski definition) is 4. The maximum absolute atomic E-state index is 11.4. The monoisotopic (exact) mass is 310 g/mol. The number of benzene rings is 1. The van der Waals surface area contributed by atoms with E-state index in [1.54, 1.807) is 0 Å². The number of amides is 1. The fourth-order valence-corrected chi connectivity index (χ4v) is 3.37. The summed E-state index contributed by atoms with van der Waals surface area (Å²) in [5.74, 6) is 1.32. The SMILES string of the molecule is C[C@@H]1CN(Cc2cc(Cl)c3c(c2)OCCO3)C[C@H]1C(N)=O. The predicted octanol–water partition coefficient (Wildman–Crippen LogP) is 1.66. The summed E-state index contributed by atoms with van der Waals surface area (Å²) in [5, 5.41) is 0.570. The molecule has 1 aromatic rings. The predicted molar refractivity (Wildman–Crippen MR) is 79.6 cm³/mol. The Bertz CT molecular complexity index is 564. The van der Waals surface area contributed by atoms with Crippen LogP contribution in [-0.4, -0.2) is 37.1 Å². The average Bonchev–Trinajstić information content (AvgIpc) is 2.80. The molecule has 114 valence electrons. The zero-order chi connectivity index (χ0) is 15.0. The van der Waals surface area contributed by atoms with Gasteiger partial charge >= 0.3 is 0 Å². The van der Waals surface area contributed by atoms with E-state index in [1.807, 2.05) is 12.1 Å². The summed E-state index contributed by atoms with van der Waals surface area (Å²) in [6, 6.07) is 3.86. The molecule has 5 nitrogen and oxygen atoms in total. The van der Waals surface area contributed by atoms with Gasteiger partial charge in [-0.15, -0.1) is 0 Å². The van der Waals surface area contributed by atoms with E-state index in [0.29, 0.717) is 36.3 Å². The van der Waals surface area contributed by atoms with E-state index in [9.17, 15) is 4.79 Å². The molecule has 2 atom stereocenters. The number of primary amides is 1. The normalized spacial score (nSPS) is 25.0. The topological polar surface area (TPSA) is 64.8 Å². The summed E-state index contributed by atoms with van der Waals surface area (Å²) in [6.07, 6.45) is 0. The molecule has 2 aliphatic heterocycles. The van der Waals surface area contributed by atoms with Gasteiger partial charge in [0, 0.05) is 19.6 Å². The van der Waals surface area contributed by atoms with Crippen molar-refractivity contribution in [2.75, 3.05) is 26.3 Å². The molecule has 0 saturated carbocycles. The number of fused-ring (bicyclic) bond motifs is 1. The fourth-order valence-electron chi connectivity index (χ4n) is 3.08. The minimum atomic E-state index is -0.217. The number of carbonyl (C=O) groups excluding carboxylic acids is 1. The standard InChI is InChI=1S/C15H19ClN2O3/c1-9-6-18(8-11(9)15(17)19)7-10-4-12(16)14-13(5-10)20-2-3-21-14/h4-5,9,11H,2-3,6-8H2,1H3,(H2,17,19)/t9-,11-/m1/s1. The maximum Gasteiger partial charge on any atom is 0.222 e. The summed E-state index contributed by atoms with van der Waals surface area (Å²) in [5.41, 5.74) is 6.49. The fraction of sp³-hybridized carbons (Fsp3) is 0.533. The second-order valence-corrected chi connectivity index (χ2v) is 6.19. The highest BCUT2D eigenvalue weighted by Gasteiger charge is 2.33. The van der Waals surface area contributed by atoms with Crippen LogP contribution in [0.3, 0.4) is 0 Å². The van der Waals surface area contributed by atoms with Crippen molar-refractivity contribution in [3.63, 3.8) is 0 Å². The van der Waals surface area contributed by atoms with Crippen LogP contribution >= 0.6 is 11.6 Å². The number of halogens is 1. The molecule has 0 unspecified atom stereocenters. The van der Waals surface area contributed by atoms with Gasteiger partial charge in [0.2, 0.25) is 5.91 Å². The highest BCUT2D eigenvalue weighted by molar-refractivity contribution is 6.32. The molecule has 6 heteroatoms. The van der Waals surface area contributed by atoms with Crippen molar-refractivity contribution in [3.8, 4) is 11.5 Å². The van der Waals surface area contributed by atoms with E-state index in [0.717, 1.165) is 18.7 Å². The molecule has 2 aliphatic rings. The van der Waals surface area contributed by atoms with Crippen LogP contribution in [0.2, 0.25) is 5.02 Å². The minimum absolute atomic E-state index is 0.0716. The van der Waals surface area contributed by atoms with Crippen molar-refractivity contribution in [2.45, 2.75) is 13.5 Å². The van der Waals surface area contributed by atoms with Gasteiger partial charge in [0.05, 0.1) is 10.9 Å². The van der Waals surface area contributed by atoms with Crippen molar-refractivity contribution in [2.24, 2.45) is 17.6 Å². The van der Waals surface area contributed by atoms with Crippen molar-refractivity contribution >= 4 is 17.5 Å². The summed E-state index contributed by atoms with van der Waals surface area (Å²) in [6.45, 7) is 5.41. The lowest BCUT2D eigenvalue weighted by Gasteiger charge is -2.22. The van der Waals surface area contributed by atoms with Crippen molar-refractivity contribution in [1.29, 1.82) is 0 Å². The number of nitrogens with two attached hydrogens (primary N) is 1. The lowest BCUT2D eigenvalue weighted by atomic mass is 9.98. The lowest BCUT2D eigenvalue weighted by Crippen LogP contribution is -2.29. The number of rotatable bonds is 3. The van der Waals surface area contributed by atoms with Gasteiger partial charge in [-0.1, -0.05) is 18.5 Å². The van der Waals surface area contributed by atoms with Crippen LogP contribution in [-0.2, 0) is 11.3 Å². The molecule has 0 bridgehead atoms. The van der Waals surface area contributed by atoms with Gasteiger partial charge < -0.3 is 15.2 Å². The number of likely N-dealkylation sites (tertiary alicyclic amines) is 1. The molecule has 0 aromatic heterocycles. The number of hydrogen-bond donors (Lipinski definition) is 1. The zero-order valence-electron chi connectivity index (χ0n) is 12.0. The van der Waals surface area contributed by atoms with Crippen LogP contribution in [0.4, 0.5) is 0 Å². The molecule has 2 heterocycles. The first-order valence-corrected chi connectivity index (χ1v) is 7.52. The second-order valence-electron chi connectivity index (χ2n) is 5.78. The number of carbonyl (C=O) groups is 1. The molecule has 1 aromatic carbocycles. The molecular formula is C15H19ClN2O3. The summed E-state index contributed by atoms with van der Waals surface area (Å²) in [4.78, 5) is 13.6. The zero-order valence-corrected chi connectivity index (χ0v) is 12.7. The van der Waals surface area contributed by atoms with E-state index in [1.165, 1.54) is 0 Å². The third-order valence-electron chi connectivity index (χ3n) is 4.12. The molecule has 1 amide bonds. The molecule has 0 spiro atoms. The summed E-state index contributed by atoms with van der Waals surface area (Å²) < 4.78 is 11.1. The molecule has 1 saturated heterocycles. The third-order valence-corrected chi connectivity index (χ3v) is 4.40. The Kier molecular flexibility index (Phi) is 3.95. The molecular weight excluding hydrogens is 292 g/mol. The van der Waals surface area contributed by atoms with Gasteiger partial charge in [-0.25, -0.2) is 0 Å². The van der Waals surface area contributed by atoms with Gasteiger partial charge in [-0.05, 0) is 23.6 Å². The summed E-state index contributed by atoms with van der Waals surface area (Å²) >= 11 is 6.24. The van der Waals surface area contributed by atoms with Crippen molar-refractivity contribution in [3.05, 3.63) is 22.7 Å².